The molecule has 0 bridgehead atoms. The first-order valence-electron chi connectivity index (χ1n) is 1.45. The Hall–Kier alpha value is -0.430. The topological polar surface area (TPSA) is 65.3 Å². The van der Waals surface area contributed by atoms with Crippen molar-refractivity contribution in [3.63, 3.8) is 0 Å². The number of carboxylic acid groups (broad SMARTS) is 1. The number of amides is 1. The van der Waals surface area contributed by atoms with Crippen LogP contribution in [0.2, 0.25) is 0 Å². The standard InChI is InChI=1S/CH3N3O2S2/c5-1(6)2-3-4(7)8/h7-8H,(H,5,6). The van der Waals surface area contributed by atoms with Crippen molar-refractivity contribution in [2.45, 2.75) is 0 Å². The molecular formula is CH3N3O2S2. The maximum Gasteiger partial charge on any atom is 0.451 e. The van der Waals surface area contributed by atoms with Gasteiger partial charge in [0.15, 0.2) is 0 Å². The third-order valence-electron chi connectivity index (χ3n) is 0.210. The van der Waals surface area contributed by atoms with Crippen LogP contribution >= 0.6 is 25.6 Å². The second-order valence-corrected chi connectivity index (χ2v) is 1.81. The van der Waals surface area contributed by atoms with Gasteiger partial charge in [0.1, 0.15) is 0 Å². The van der Waals surface area contributed by atoms with Gasteiger partial charge < -0.3 is 5.11 Å². The molecule has 0 aliphatic carbocycles. The zero-order valence-corrected chi connectivity index (χ0v) is 5.38. The van der Waals surface area contributed by atoms with Gasteiger partial charge in [0, 0.05) is 0 Å². The average molecular weight is 153 g/mol. The van der Waals surface area contributed by atoms with Crippen molar-refractivity contribution < 1.29 is 9.90 Å². The van der Waals surface area contributed by atoms with Gasteiger partial charge in [-0.05, 0) is 30.9 Å². The van der Waals surface area contributed by atoms with Crippen LogP contribution in [0.5, 0.6) is 0 Å². The van der Waals surface area contributed by atoms with Gasteiger partial charge in [-0.2, -0.15) is 3.82 Å². The number of carbonyl (C=O) groups is 1. The van der Waals surface area contributed by atoms with Gasteiger partial charge in [0.2, 0.25) is 0 Å². The molecule has 1 N–H and O–H groups in total. The molecule has 0 spiro atoms. The van der Waals surface area contributed by atoms with E-state index >= 15 is 0 Å². The van der Waals surface area contributed by atoms with Crippen LogP contribution in [-0.2, 0) is 0 Å². The quantitative estimate of drug-likeness (QED) is 0.299. The first-order chi connectivity index (χ1) is 3.63. The maximum absolute atomic E-state index is 9.55. The Morgan fingerprint density at radius 3 is 2.25 bits per heavy atom. The Balaban J connectivity index is 3.50. The van der Waals surface area contributed by atoms with Crippen molar-refractivity contribution in [1.29, 1.82) is 0 Å². The third-order valence-corrected chi connectivity index (χ3v) is 0.370. The summed E-state index contributed by atoms with van der Waals surface area (Å²) in [6.45, 7) is 0. The molecule has 0 aliphatic heterocycles. The summed E-state index contributed by atoms with van der Waals surface area (Å²) >= 11 is 6.89. The maximum atomic E-state index is 9.55. The van der Waals surface area contributed by atoms with Crippen molar-refractivity contribution in [2.75, 3.05) is 0 Å². The minimum Gasteiger partial charge on any atom is -0.462 e. The Morgan fingerprint density at radius 2 is 2.12 bits per heavy atom. The molecule has 0 aromatic rings. The molecule has 0 heterocycles. The lowest BCUT2D eigenvalue weighted by molar-refractivity contribution is 0.203. The molecule has 0 aromatic heterocycles. The highest BCUT2D eigenvalue weighted by Crippen LogP contribution is 1.96. The molecule has 0 saturated carbocycles. The lowest BCUT2D eigenvalue weighted by Gasteiger charge is -1.92. The molecule has 0 aliphatic rings. The first-order valence-corrected chi connectivity index (χ1v) is 2.25. The Labute approximate surface area is 56.5 Å². The lowest BCUT2D eigenvalue weighted by Crippen LogP contribution is -1.86. The summed E-state index contributed by atoms with van der Waals surface area (Å²) in [6, 6.07) is 0. The lowest BCUT2D eigenvalue weighted by atomic mass is 11.3. The van der Waals surface area contributed by atoms with Crippen LogP contribution in [0, 0.1) is 0 Å². The molecule has 46 valence electrons. The molecule has 0 radical (unpaired) electrons. The minimum atomic E-state index is -1.38. The number of thiol groups is 2. The highest BCUT2D eigenvalue weighted by molar-refractivity contribution is 7.93. The van der Waals surface area contributed by atoms with E-state index in [4.69, 9.17) is 5.11 Å². The summed E-state index contributed by atoms with van der Waals surface area (Å²) in [5.74, 6) is 0. The Kier molecular flexibility index (Phi) is 3.37. The van der Waals surface area contributed by atoms with Gasteiger partial charge in [-0.3, -0.25) is 0 Å². The molecule has 0 rings (SSSR count). The highest BCUT2D eigenvalue weighted by Gasteiger charge is 1.87. The molecule has 1 amide bonds. The number of rotatable bonds is 1. The van der Waals surface area contributed by atoms with Gasteiger partial charge in [0.05, 0.1) is 0 Å². The fourth-order valence-electron chi connectivity index (χ4n) is 0.0783. The van der Waals surface area contributed by atoms with Crippen molar-refractivity contribution in [2.24, 2.45) is 10.3 Å². The van der Waals surface area contributed by atoms with E-state index in [0.29, 0.717) is 3.82 Å². The van der Waals surface area contributed by atoms with E-state index in [9.17, 15) is 4.79 Å². The van der Waals surface area contributed by atoms with E-state index in [1.54, 1.807) is 0 Å². The summed E-state index contributed by atoms with van der Waals surface area (Å²) in [5, 5.41) is 13.4. The van der Waals surface area contributed by atoms with Crippen LogP contribution in [0.1, 0.15) is 0 Å². The molecule has 0 aromatic carbocycles. The van der Waals surface area contributed by atoms with Crippen LogP contribution in [0.25, 0.3) is 0 Å². The van der Waals surface area contributed by atoms with E-state index in [1.807, 2.05) is 0 Å². The molecular weight excluding hydrogens is 150 g/mol. The molecule has 0 fully saturated rings. The third kappa shape index (κ3) is 5.57. The second kappa shape index (κ2) is 3.56. The van der Waals surface area contributed by atoms with E-state index in [2.05, 4.69) is 36.0 Å². The van der Waals surface area contributed by atoms with Gasteiger partial charge >= 0.3 is 6.09 Å². The highest BCUT2D eigenvalue weighted by atomic mass is 32.2. The molecule has 0 saturated heterocycles. The van der Waals surface area contributed by atoms with Gasteiger partial charge in [-0.25, -0.2) is 4.79 Å². The van der Waals surface area contributed by atoms with E-state index in [1.165, 1.54) is 0 Å². The van der Waals surface area contributed by atoms with Crippen LogP contribution in [0.15, 0.2) is 10.3 Å². The van der Waals surface area contributed by atoms with Crippen LogP contribution < -0.4 is 0 Å². The van der Waals surface area contributed by atoms with E-state index in [-0.39, 0.29) is 0 Å². The fraction of sp³-hybridized carbons (Fsp3) is 0. The monoisotopic (exact) mass is 153 g/mol. The number of hydrogen-bond acceptors (Lipinski definition) is 4. The average Bonchev–Trinajstić information content (AvgIpc) is 1.61. The Bertz CT molecular complexity index is 112. The van der Waals surface area contributed by atoms with Crippen molar-refractivity contribution in [3.8, 4) is 0 Å². The number of nitrogens with zero attached hydrogens (tertiary/aromatic N) is 3. The van der Waals surface area contributed by atoms with E-state index in [0.717, 1.165) is 0 Å². The minimum absolute atomic E-state index is 0.689. The summed E-state index contributed by atoms with van der Waals surface area (Å²) in [6.07, 6.45) is -1.38. The molecule has 5 nitrogen and oxygen atoms in total. The second-order valence-electron chi connectivity index (χ2n) is 0.740. The van der Waals surface area contributed by atoms with Crippen LogP contribution in [0.4, 0.5) is 4.79 Å². The van der Waals surface area contributed by atoms with E-state index < -0.39 is 6.09 Å². The summed E-state index contributed by atoms with van der Waals surface area (Å²) in [4.78, 5) is 9.55. The largest absolute Gasteiger partial charge is 0.462 e. The zero-order chi connectivity index (χ0) is 6.57. The van der Waals surface area contributed by atoms with Gasteiger partial charge in [-0.1, -0.05) is 5.11 Å². The van der Waals surface area contributed by atoms with Crippen LogP contribution in [-0.4, -0.2) is 15.0 Å². The summed E-state index contributed by atoms with van der Waals surface area (Å²) in [5.41, 5.74) is 0. The van der Waals surface area contributed by atoms with Crippen molar-refractivity contribution in [3.05, 3.63) is 0 Å². The molecule has 8 heavy (non-hydrogen) atoms. The van der Waals surface area contributed by atoms with Crippen molar-refractivity contribution >= 4 is 31.7 Å². The fourth-order valence-corrected chi connectivity index (χ4v) is 0.158. The normalized spacial score (nSPS) is 9.75. The van der Waals surface area contributed by atoms with Gasteiger partial charge in [-0.15, -0.1) is 0 Å². The molecule has 7 heteroatoms. The number of hydrogen-bond donors (Lipinski definition) is 3. The SMILES string of the molecule is O=C(O)N=NN(S)S. The summed E-state index contributed by atoms with van der Waals surface area (Å²) < 4.78 is 0.689. The van der Waals surface area contributed by atoms with Gasteiger partial charge in [0.25, 0.3) is 0 Å². The summed E-state index contributed by atoms with van der Waals surface area (Å²) in [7, 11) is 0. The zero-order valence-electron chi connectivity index (χ0n) is 3.59. The first kappa shape index (κ1) is 7.57. The molecule has 0 unspecified atom stereocenters. The predicted octanol–water partition coefficient (Wildman–Crippen LogP) is 1.02. The van der Waals surface area contributed by atoms with Crippen molar-refractivity contribution in [1.82, 2.24) is 3.82 Å². The smallest absolute Gasteiger partial charge is 0.451 e. The Morgan fingerprint density at radius 1 is 1.62 bits per heavy atom. The predicted molar refractivity (Wildman–Crippen MR) is 32.7 cm³/mol. The van der Waals surface area contributed by atoms with Crippen LogP contribution in [0.3, 0.4) is 0 Å². The molecule has 0 atom stereocenters.